The quantitative estimate of drug-likeness (QED) is 0.530. The number of hydrogen-bond donors (Lipinski definition) is 2. The molecule has 0 bridgehead atoms. The number of aromatic amines is 1. The van der Waals surface area contributed by atoms with Crippen molar-refractivity contribution in [2.75, 3.05) is 0 Å². The van der Waals surface area contributed by atoms with Crippen LogP contribution in [0.3, 0.4) is 0 Å². The van der Waals surface area contributed by atoms with Crippen LogP contribution in [-0.4, -0.2) is 22.0 Å². The summed E-state index contributed by atoms with van der Waals surface area (Å²) in [6.45, 7) is 0. The van der Waals surface area contributed by atoms with E-state index in [1.165, 1.54) is 6.33 Å². The molecule has 0 saturated carbocycles. The van der Waals surface area contributed by atoms with Crippen LogP contribution < -0.4 is 5.73 Å². The zero-order chi connectivity index (χ0) is 9.68. The molecule has 0 saturated heterocycles. The number of aromatic nitrogens is 2. The zero-order valence-electron chi connectivity index (χ0n) is 6.57. The second kappa shape index (κ2) is 4.80. The van der Waals surface area contributed by atoms with Gasteiger partial charge in [-0.15, -0.1) is 0 Å². The molecule has 0 radical (unpaired) electrons. The lowest BCUT2D eigenvalue weighted by Crippen LogP contribution is -2.34. The highest BCUT2D eigenvalue weighted by Crippen LogP contribution is 1.98. The molecule has 1 aromatic rings. The van der Waals surface area contributed by atoms with Gasteiger partial charge >= 0.3 is 5.97 Å². The Labute approximate surface area is 79.1 Å². The van der Waals surface area contributed by atoms with Crippen molar-refractivity contribution in [1.82, 2.24) is 9.97 Å². The lowest BCUT2D eigenvalue weighted by molar-refractivity contribution is -0.213. The fraction of sp³-hybridized carbons (Fsp3) is 0.333. The maximum absolute atomic E-state index is 10.9. The third-order valence-electron chi connectivity index (χ3n) is 1.41. The van der Waals surface area contributed by atoms with Gasteiger partial charge in [-0.1, -0.05) is 4.44 Å². The minimum atomic E-state index is -0.820. The van der Waals surface area contributed by atoms with Crippen LogP contribution in [0.5, 0.6) is 0 Å². The Hall–Kier alpha value is -1.11. The number of nitrogens with two attached hydrogens (primary N) is 1. The molecule has 0 aliphatic carbocycles. The molecule has 1 aromatic heterocycles. The molecule has 13 heavy (non-hydrogen) atoms. The van der Waals surface area contributed by atoms with Gasteiger partial charge in [0.25, 0.3) is 0 Å². The summed E-state index contributed by atoms with van der Waals surface area (Å²) in [7, 11) is 0. The molecule has 0 amide bonds. The molecular weight excluding hydrogens is 198 g/mol. The van der Waals surface area contributed by atoms with Crippen LogP contribution in [0.2, 0.25) is 0 Å². The first-order valence-corrected chi connectivity index (χ1v) is 3.77. The van der Waals surface area contributed by atoms with Crippen LogP contribution in [0.25, 0.3) is 0 Å². The number of halogens is 1. The molecule has 1 unspecified atom stereocenters. The van der Waals surface area contributed by atoms with E-state index in [-0.39, 0.29) is 0 Å². The number of nitrogens with one attached hydrogen (secondary N) is 1. The molecule has 3 N–H and O–H groups in total. The Kier molecular flexibility index (Phi) is 3.69. The van der Waals surface area contributed by atoms with Gasteiger partial charge in [0.05, 0.1) is 6.33 Å². The van der Waals surface area contributed by atoms with Crippen molar-refractivity contribution in [2.45, 2.75) is 12.5 Å². The average Bonchev–Trinajstić information content (AvgIpc) is 2.57. The van der Waals surface area contributed by atoms with Gasteiger partial charge in [0.2, 0.25) is 0 Å². The van der Waals surface area contributed by atoms with E-state index >= 15 is 0 Å². The predicted molar refractivity (Wildman–Crippen MR) is 43.3 cm³/mol. The Morgan fingerprint density at radius 2 is 2.62 bits per heavy atom. The second-order valence-electron chi connectivity index (χ2n) is 2.35. The van der Waals surface area contributed by atoms with Crippen LogP contribution in [-0.2, 0) is 20.5 Å². The fourth-order valence-corrected chi connectivity index (χ4v) is 0.872. The van der Waals surface area contributed by atoms with E-state index in [2.05, 4.69) is 19.3 Å². The van der Waals surface area contributed by atoms with Gasteiger partial charge in [0, 0.05) is 18.3 Å². The third kappa shape index (κ3) is 3.02. The molecule has 1 atom stereocenters. The Balaban J connectivity index is 2.41. The molecule has 7 heteroatoms. The largest absolute Gasteiger partial charge is 0.361 e. The lowest BCUT2D eigenvalue weighted by atomic mass is 10.2. The van der Waals surface area contributed by atoms with Crippen molar-refractivity contribution in [3.05, 3.63) is 18.2 Å². The normalized spacial score (nSPS) is 12.5. The maximum Gasteiger partial charge on any atom is 0.361 e. The van der Waals surface area contributed by atoms with Crippen LogP contribution in [0.1, 0.15) is 5.69 Å². The summed E-state index contributed by atoms with van der Waals surface area (Å²) in [5, 5.41) is 0. The van der Waals surface area contributed by atoms with Crippen molar-refractivity contribution < 1.29 is 14.1 Å². The van der Waals surface area contributed by atoms with Crippen LogP contribution in [0, 0.1) is 0 Å². The number of carbonyl (C=O) groups excluding carboxylic acids is 1. The van der Waals surface area contributed by atoms with Gasteiger partial charge < -0.3 is 10.7 Å². The SMILES string of the molecule is NC(Cc1cnc[nH]1)C(=O)OOCl. The monoisotopic (exact) mass is 205 g/mol. The Morgan fingerprint density at radius 3 is 3.15 bits per heavy atom. The summed E-state index contributed by atoms with van der Waals surface area (Å²) in [5.74, 6) is -0.732. The minimum absolute atomic E-state index is 0.291. The summed E-state index contributed by atoms with van der Waals surface area (Å²) in [4.78, 5) is 21.5. The van der Waals surface area contributed by atoms with Crippen molar-refractivity contribution in [1.29, 1.82) is 0 Å². The van der Waals surface area contributed by atoms with E-state index in [0.717, 1.165) is 5.69 Å². The van der Waals surface area contributed by atoms with Crippen molar-refractivity contribution in [3.63, 3.8) is 0 Å². The standard InChI is InChI=1S/C6H8ClN3O3/c7-13-12-6(11)5(8)1-4-2-9-3-10-4/h2-3,5H,1,8H2,(H,9,10). The molecule has 72 valence electrons. The average molecular weight is 206 g/mol. The first-order chi connectivity index (χ1) is 6.24. The minimum Gasteiger partial charge on any atom is -0.348 e. The number of carbonyl (C=O) groups is 1. The van der Waals surface area contributed by atoms with E-state index in [1.54, 1.807) is 6.20 Å². The molecule has 1 rings (SSSR count). The van der Waals surface area contributed by atoms with Crippen LogP contribution in [0.4, 0.5) is 0 Å². The zero-order valence-corrected chi connectivity index (χ0v) is 7.32. The summed E-state index contributed by atoms with van der Waals surface area (Å²) in [6.07, 6.45) is 3.35. The van der Waals surface area contributed by atoms with Gasteiger partial charge in [-0.05, 0) is 0 Å². The fourth-order valence-electron chi connectivity index (χ4n) is 0.809. The smallest absolute Gasteiger partial charge is 0.348 e. The van der Waals surface area contributed by atoms with Crippen LogP contribution in [0.15, 0.2) is 12.5 Å². The van der Waals surface area contributed by atoms with E-state index in [1.807, 2.05) is 0 Å². The molecule has 1 heterocycles. The summed E-state index contributed by atoms with van der Waals surface area (Å²) in [5.41, 5.74) is 6.17. The summed E-state index contributed by atoms with van der Waals surface area (Å²) in [6, 6.07) is -0.820. The molecule has 0 aliphatic rings. The molecule has 0 aromatic carbocycles. The Morgan fingerprint density at radius 1 is 1.85 bits per heavy atom. The first-order valence-electron chi connectivity index (χ1n) is 3.46. The highest BCUT2D eigenvalue weighted by molar-refractivity contribution is 6.07. The van der Waals surface area contributed by atoms with E-state index in [4.69, 9.17) is 17.6 Å². The molecule has 0 fully saturated rings. The summed E-state index contributed by atoms with van der Waals surface area (Å²) < 4.78 is 3.66. The van der Waals surface area contributed by atoms with Crippen molar-refractivity contribution in [2.24, 2.45) is 5.73 Å². The molecule has 0 aliphatic heterocycles. The van der Waals surface area contributed by atoms with E-state index < -0.39 is 12.0 Å². The number of imidazole rings is 1. The lowest BCUT2D eigenvalue weighted by Gasteiger charge is -2.05. The van der Waals surface area contributed by atoms with Crippen LogP contribution >= 0.6 is 11.9 Å². The summed E-state index contributed by atoms with van der Waals surface area (Å²) >= 11 is 4.70. The van der Waals surface area contributed by atoms with Gasteiger partial charge in [-0.3, -0.25) is 4.89 Å². The maximum atomic E-state index is 10.9. The van der Waals surface area contributed by atoms with Crippen molar-refractivity contribution >= 4 is 17.8 Å². The molecule has 0 spiro atoms. The third-order valence-corrected chi connectivity index (χ3v) is 1.47. The van der Waals surface area contributed by atoms with E-state index in [0.29, 0.717) is 6.42 Å². The van der Waals surface area contributed by atoms with Gasteiger partial charge in [0.1, 0.15) is 17.9 Å². The topological polar surface area (TPSA) is 90.2 Å². The molecular formula is C6H8ClN3O3. The van der Waals surface area contributed by atoms with Gasteiger partial charge in [-0.25, -0.2) is 9.78 Å². The van der Waals surface area contributed by atoms with Gasteiger partial charge in [0.15, 0.2) is 0 Å². The molecule has 6 nitrogen and oxygen atoms in total. The predicted octanol–water partition coefficient (Wildman–Crippen LogP) is -0.0919. The number of nitrogens with zero attached hydrogens (tertiary/aromatic N) is 1. The first kappa shape index (κ1) is 9.97. The number of H-pyrrole nitrogens is 1. The number of rotatable bonds is 4. The Bertz CT molecular complexity index is 264. The highest BCUT2D eigenvalue weighted by Gasteiger charge is 2.17. The van der Waals surface area contributed by atoms with Crippen molar-refractivity contribution in [3.8, 4) is 0 Å². The van der Waals surface area contributed by atoms with E-state index in [9.17, 15) is 4.79 Å². The highest BCUT2D eigenvalue weighted by atomic mass is 35.5. The second-order valence-corrected chi connectivity index (χ2v) is 2.48. The van der Waals surface area contributed by atoms with Gasteiger partial charge in [-0.2, -0.15) is 0 Å². The number of hydrogen-bond acceptors (Lipinski definition) is 5.